The molecule has 0 saturated heterocycles. The molecule has 0 bridgehead atoms. The van der Waals surface area contributed by atoms with Gasteiger partial charge in [-0.05, 0) is 29.7 Å². The molecule has 0 aliphatic carbocycles. The van der Waals surface area contributed by atoms with E-state index in [4.69, 9.17) is 16.1 Å². The van der Waals surface area contributed by atoms with Crippen LogP contribution in [0.5, 0.6) is 0 Å². The minimum Gasteiger partial charge on any atom is -0.478 e. The Morgan fingerprint density at radius 2 is 2.00 bits per heavy atom. The lowest BCUT2D eigenvalue weighted by Gasteiger charge is -2.12. The fourth-order valence-corrected chi connectivity index (χ4v) is 5.16. The normalized spacial score (nSPS) is 11.0. The number of ketones is 1. The van der Waals surface area contributed by atoms with Gasteiger partial charge in [0.25, 0.3) is 5.56 Å². The van der Waals surface area contributed by atoms with Crippen LogP contribution in [-0.2, 0) is 13.1 Å². The molecule has 0 aliphatic heterocycles. The number of anilines is 1. The van der Waals surface area contributed by atoms with Crippen LogP contribution >= 0.6 is 34.5 Å². The lowest BCUT2D eigenvalue weighted by molar-refractivity contribution is 0.0695. The maximum Gasteiger partial charge on any atom is 0.337 e. The van der Waals surface area contributed by atoms with E-state index in [0.717, 1.165) is 37.8 Å². The number of nitrogens with one attached hydrogen (secondary N) is 1. The summed E-state index contributed by atoms with van der Waals surface area (Å²) < 4.78 is 11.4. The summed E-state index contributed by atoms with van der Waals surface area (Å²) in [7, 11) is 0. The van der Waals surface area contributed by atoms with Crippen LogP contribution in [0.25, 0.3) is 11.4 Å². The van der Waals surface area contributed by atoms with Crippen molar-refractivity contribution in [1.82, 2.24) is 23.9 Å². The fraction of sp³-hybridized carbons (Fsp3) is 0.0870. The molecular formula is C23H15ClN6O6S2. The zero-order valence-electron chi connectivity index (χ0n) is 19.0. The number of pyridine rings is 1. The predicted octanol–water partition coefficient (Wildman–Crippen LogP) is 3.75. The Morgan fingerprint density at radius 3 is 2.66 bits per heavy atom. The molecule has 0 spiro atoms. The smallest absolute Gasteiger partial charge is 0.337 e. The summed E-state index contributed by atoms with van der Waals surface area (Å²) in [4.78, 5) is 51.8. The first-order valence-electron chi connectivity index (χ1n) is 10.8. The van der Waals surface area contributed by atoms with E-state index < -0.39 is 29.8 Å². The van der Waals surface area contributed by atoms with Crippen LogP contribution < -0.4 is 10.9 Å². The molecule has 0 amide bonds. The van der Waals surface area contributed by atoms with Crippen molar-refractivity contribution in [2.24, 2.45) is 0 Å². The van der Waals surface area contributed by atoms with E-state index >= 15 is 0 Å². The van der Waals surface area contributed by atoms with Gasteiger partial charge < -0.3 is 14.9 Å². The van der Waals surface area contributed by atoms with Crippen molar-refractivity contribution in [1.29, 1.82) is 0 Å². The quantitative estimate of drug-likeness (QED) is 0.249. The monoisotopic (exact) mass is 570 g/mol. The van der Waals surface area contributed by atoms with Gasteiger partial charge in [0.1, 0.15) is 11.5 Å². The molecule has 5 rings (SSSR count). The molecule has 0 atom stereocenters. The van der Waals surface area contributed by atoms with Crippen molar-refractivity contribution in [3.05, 3.63) is 90.6 Å². The Labute approximate surface area is 225 Å². The number of nitrogens with zero attached hydrogens (tertiary/aromatic N) is 5. The maximum absolute atomic E-state index is 13.2. The van der Waals surface area contributed by atoms with Crippen molar-refractivity contribution in [2.75, 3.05) is 5.32 Å². The second-order valence-corrected chi connectivity index (χ2v) is 10.2. The van der Waals surface area contributed by atoms with Crippen LogP contribution in [-0.4, -0.2) is 46.6 Å². The van der Waals surface area contributed by atoms with E-state index in [0.29, 0.717) is 4.34 Å². The SMILES string of the molecule is O=C(Cn1c(-c2cc(NCc3ccc(Cl)s3)n(C(=O)c3ccno3)n2)c(C(=O)O)ccc1=O)c1cnsc1. The third kappa shape index (κ3) is 5.04. The third-order valence-electron chi connectivity index (χ3n) is 5.34. The molecule has 5 aromatic rings. The molecule has 5 heterocycles. The van der Waals surface area contributed by atoms with E-state index in [1.807, 2.05) is 6.07 Å². The van der Waals surface area contributed by atoms with Crippen molar-refractivity contribution >= 4 is 57.9 Å². The number of Topliss-reactive ketones (excluding diaryl/α,β-unsaturated/α-hetero) is 1. The van der Waals surface area contributed by atoms with Gasteiger partial charge >= 0.3 is 11.9 Å². The lowest BCUT2D eigenvalue weighted by Crippen LogP contribution is -2.27. The Balaban J connectivity index is 1.63. The number of aromatic carboxylic acids is 1. The maximum atomic E-state index is 13.2. The van der Waals surface area contributed by atoms with Crippen LogP contribution in [0.1, 0.15) is 36.1 Å². The molecule has 0 unspecified atom stereocenters. The first kappa shape index (κ1) is 25.3. The van der Waals surface area contributed by atoms with Gasteiger partial charge in [0, 0.05) is 28.5 Å². The Morgan fingerprint density at radius 1 is 1.16 bits per heavy atom. The third-order valence-corrected chi connectivity index (χ3v) is 7.15. The van der Waals surface area contributed by atoms with E-state index in [-0.39, 0.29) is 40.6 Å². The summed E-state index contributed by atoms with van der Waals surface area (Å²) >= 11 is 8.42. The van der Waals surface area contributed by atoms with E-state index in [2.05, 4.69) is 19.9 Å². The zero-order chi connectivity index (χ0) is 26.8. The second kappa shape index (κ2) is 10.5. The number of carbonyl (C=O) groups excluding carboxylic acids is 2. The molecule has 0 aromatic carbocycles. The van der Waals surface area contributed by atoms with E-state index in [1.54, 1.807) is 6.07 Å². The van der Waals surface area contributed by atoms with Crippen LogP contribution in [0.4, 0.5) is 5.82 Å². The number of carbonyl (C=O) groups is 3. The van der Waals surface area contributed by atoms with Gasteiger partial charge in [0.2, 0.25) is 5.76 Å². The predicted molar refractivity (Wildman–Crippen MR) is 138 cm³/mol. The molecule has 12 nitrogen and oxygen atoms in total. The Kier molecular flexibility index (Phi) is 7.00. The average molecular weight is 571 g/mol. The van der Waals surface area contributed by atoms with Gasteiger partial charge in [-0.3, -0.25) is 19.0 Å². The Bertz CT molecular complexity index is 1700. The van der Waals surface area contributed by atoms with E-state index in [9.17, 15) is 24.3 Å². The summed E-state index contributed by atoms with van der Waals surface area (Å²) in [6.45, 7) is -0.198. The van der Waals surface area contributed by atoms with Gasteiger partial charge in [-0.2, -0.15) is 9.78 Å². The summed E-state index contributed by atoms with van der Waals surface area (Å²) in [5.74, 6) is -2.43. The lowest BCUT2D eigenvalue weighted by atomic mass is 10.1. The Hall–Kier alpha value is -4.40. The molecule has 0 aliphatic rings. The first-order valence-corrected chi connectivity index (χ1v) is 12.8. The molecule has 38 heavy (non-hydrogen) atoms. The number of hydrogen-bond donors (Lipinski definition) is 2. The van der Waals surface area contributed by atoms with Crippen LogP contribution in [0.2, 0.25) is 4.34 Å². The highest BCUT2D eigenvalue weighted by molar-refractivity contribution is 7.16. The topological polar surface area (TPSA) is 162 Å². The minimum absolute atomic E-state index is 0.0316. The van der Waals surface area contributed by atoms with Crippen molar-refractivity contribution in [2.45, 2.75) is 13.1 Å². The van der Waals surface area contributed by atoms with Crippen LogP contribution in [0, 0.1) is 0 Å². The summed E-state index contributed by atoms with van der Waals surface area (Å²) in [6.07, 6.45) is 2.66. The van der Waals surface area contributed by atoms with E-state index in [1.165, 1.54) is 41.2 Å². The highest BCUT2D eigenvalue weighted by atomic mass is 35.5. The average Bonchev–Trinajstić information content (AvgIpc) is 3.71. The first-order chi connectivity index (χ1) is 18.3. The standard InChI is InChI=1S/C23H15ClN6O6S2/c24-18-3-1-13(38-18)9-25-19-7-15(28-30(19)22(33)17-5-6-26-36-17)21-14(23(34)35)2-4-20(32)29(21)10-16(31)12-8-27-37-11-12/h1-8,11,25H,9-10H2,(H,34,35). The summed E-state index contributed by atoms with van der Waals surface area (Å²) in [6, 6.07) is 8.49. The molecule has 5 aromatic heterocycles. The van der Waals surface area contributed by atoms with Gasteiger partial charge in [-0.25, -0.2) is 9.17 Å². The molecule has 192 valence electrons. The fourth-order valence-electron chi connectivity index (χ4n) is 3.59. The van der Waals surface area contributed by atoms with Gasteiger partial charge in [-0.1, -0.05) is 16.8 Å². The molecule has 0 saturated carbocycles. The summed E-state index contributed by atoms with van der Waals surface area (Å²) in [5, 5.41) is 22.4. The van der Waals surface area contributed by atoms with Gasteiger partial charge in [0.05, 0.1) is 46.6 Å². The van der Waals surface area contributed by atoms with Gasteiger partial charge in [0.15, 0.2) is 5.78 Å². The molecule has 15 heteroatoms. The molecule has 0 fully saturated rings. The minimum atomic E-state index is -1.35. The largest absolute Gasteiger partial charge is 0.478 e. The van der Waals surface area contributed by atoms with Crippen molar-refractivity contribution in [3.63, 3.8) is 0 Å². The van der Waals surface area contributed by atoms with Crippen molar-refractivity contribution < 1.29 is 24.0 Å². The number of hydrogen-bond acceptors (Lipinski definition) is 11. The number of carboxylic acid groups (broad SMARTS) is 1. The summed E-state index contributed by atoms with van der Waals surface area (Å²) in [5.41, 5.74) is -0.810. The highest BCUT2D eigenvalue weighted by Gasteiger charge is 2.26. The number of thiophene rings is 1. The van der Waals surface area contributed by atoms with Crippen LogP contribution in [0.3, 0.4) is 0 Å². The molecule has 2 N–H and O–H groups in total. The van der Waals surface area contributed by atoms with Crippen molar-refractivity contribution in [3.8, 4) is 11.4 Å². The highest BCUT2D eigenvalue weighted by Crippen LogP contribution is 2.28. The number of aromatic nitrogens is 5. The number of rotatable bonds is 9. The van der Waals surface area contributed by atoms with Gasteiger partial charge in [-0.15, -0.1) is 11.3 Å². The molecule has 0 radical (unpaired) electrons. The number of halogens is 1. The zero-order valence-corrected chi connectivity index (χ0v) is 21.4. The van der Waals surface area contributed by atoms with Crippen LogP contribution in [0.15, 0.2) is 63.5 Å². The number of carboxylic acids is 1. The second-order valence-electron chi connectivity index (χ2n) is 7.73. The molecular weight excluding hydrogens is 556 g/mol.